The monoisotopic (exact) mass is 316 g/mol. The summed E-state index contributed by atoms with van der Waals surface area (Å²) < 4.78 is 19.2. The van der Waals surface area contributed by atoms with Crippen molar-refractivity contribution in [2.45, 2.75) is 20.8 Å². The van der Waals surface area contributed by atoms with Gasteiger partial charge in [0, 0.05) is 16.0 Å². The molecule has 0 aliphatic rings. The fourth-order valence-electron chi connectivity index (χ4n) is 1.91. The van der Waals surface area contributed by atoms with E-state index in [2.05, 4.69) is 0 Å². The molecule has 0 N–H and O–H groups in total. The van der Waals surface area contributed by atoms with Gasteiger partial charge in [-0.05, 0) is 24.3 Å². The Bertz CT molecular complexity index is 629. The molecule has 2 aromatic carbocycles. The van der Waals surface area contributed by atoms with Crippen molar-refractivity contribution < 1.29 is 13.9 Å². The van der Waals surface area contributed by atoms with Gasteiger partial charge in [-0.25, -0.2) is 0 Å². The van der Waals surface area contributed by atoms with Gasteiger partial charge in [-0.15, -0.1) is 0 Å². The predicted octanol–water partition coefficient (Wildman–Crippen LogP) is 3.55. The van der Waals surface area contributed by atoms with Gasteiger partial charge in [0.05, 0.1) is 0 Å². The number of hydrogen-bond donors (Lipinski definition) is 0. The summed E-state index contributed by atoms with van der Waals surface area (Å²) >= 11 is 0. The minimum atomic E-state index is -3.27. The van der Waals surface area contributed by atoms with Gasteiger partial charge in [0.2, 0.25) is 0 Å². The lowest BCUT2D eigenvalue weighted by molar-refractivity contribution is -0.128. The van der Waals surface area contributed by atoms with Crippen LogP contribution in [0.1, 0.15) is 20.8 Å². The van der Waals surface area contributed by atoms with Crippen LogP contribution in [0.2, 0.25) is 0 Å². The second-order valence-electron chi connectivity index (χ2n) is 6.17. The van der Waals surface area contributed by atoms with Crippen LogP contribution in [0.15, 0.2) is 60.7 Å². The van der Waals surface area contributed by atoms with Crippen molar-refractivity contribution >= 4 is 23.8 Å². The lowest BCUT2D eigenvalue weighted by Crippen LogP contribution is -2.27. The Morgan fingerprint density at radius 3 is 1.68 bits per heavy atom. The van der Waals surface area contributed by atoms with E-state index in [-0.39, 0.29) is 12.4 Å². The summed E-state index contributed by atoms with van der Waals surface area (Å²) in [6.07, 6.45) is 0. The Hall–Kier alpha value is -1.70. The second kappa shape index (κ2) is 6.60. The summed E-state index contributed by atoms with van der Waals surface area (Å²) in [5, 5.41) is 1.20. The molecule has 0 heterocycles. The summed E-state index contributed by atoms with van der Waals surface area (Å²) in [6, 6.07) is 18.1. The van der Waals surface area contributed by atoms with Gasteiger partial charge in [0.15, 0.2) is 5.78 Å². The molecule has 0 saturated heterocycles. The normalized spacial score (nSPS) is 12.1. The van der Waals surface area contributed by atoms with Crippen molar-refractivity contribution in [2.75, 3.05) is 6.61 Å². The fraction of sp³-hybridized carbons (Fsp3) is 0.278. The largest absolute Gasteiger partial charge is 0.314 e. The van der Waals surface area contributed by atoms with Crippen molar-refractivity contribution in [3.63, 3.8) is 0 Å². The Labute approximate surface area is 131 Å². The Morgan fingerprint density at radius 2 is 1.32 bits per heavy atom. The highest BCUT2D eigenvalue weighted by molar-refractivity contribution is 7.74. The quantitative estimate of drug-likeness (QED) is 0.792. The van der Waals surface area contributed by atoms with Crippen LogP contribution in [0.3, 0.4) is 0 Å². The van der Waals surface area contributed by atoms with E-state index in [0.717, 1.165) is 0 Å². The lowest BCUT2D eigenvalue weighted by Gasteiger charge is -2.22. The molecule has 0 spiro atoms. The van der Waals surface area contributed by atoms with Crippen LogP contribution < -0.4 is 10.6 Å². The van der Waals surface area contributed by atoms with Gasteiger partial charge in [0.1, 0.15) is 6.61 Å². The Morgan fingerprint density at radius 1 is 0.909 bits per heavy atom. The van der Waals surface area contributed by atoms with Gasteiger partial charge in [-0.2, -0.15) is 0 Å². The van der Waals surface area contributed by atoms with E-state index in [0.29, 0.717) is 10.6 Å². The molecular formula is C18H21O3P. The number of Topliss-reactive ketones (excluding diaryl/α,β-unsaturated/α-hetero) is 1. The third-order valence-corrected chi connectivity index (χ3v) is 5.85. The van der Waals surface area contributed by atoms with E-state index < -0.39 is 12.8 Å². The van der Waals surface area contributed by atoms with Crippen LogP contribution in [0.25, 0.3) is 0 Å². The third-order valence-electron chi connectivity index (χ3n) is 3.41. The molecule has 0 saturated carbocycles. The summed E-state index contributed by atoms with van der Waals surface area (Å²) in [5.41, 5.74) is -0.516. The van der Waals surface area contributed by atoms with Crippen molar-refractivity contribution in [3.8, 4) is 0 Å². The molecule has 0 aromatic heterocycles. The maximum absolute atomic E-state index is 13.5. The van der Waals surface area contributed by atoms with Crippen LogP contribution in [0.4, 0.5) is 0 Å². The molecule has 0 fully saturated rings. The van der Waals surface area contributed by atoms with E-state index in [1.165, 1.54) is 0 Å². The maximum atomic E-state index is 13.5. The first-order chi connectivity index (χ1) is 10.3. The predicted molar refractivity (Wildman–Crippen MR) is 90.2 cm³/mol. The van der Waals surface area contributed by atoms with Crippen molar-refractivity contribution in [3.05, 3.63) is 60.7 Å². The molecule has 4 heteroatoms. The summed E-state index contributed by atoms with van der Waals surface area (Å²) in [4.78, 5) is 12.1. The zero-order valence-electron chi connectivity index (χ0n) is 13.2. The van der Waals surface area contributed by atoms with Crippen molar-refractivity contribution in [2.24, 2.45) is 5.41 Å². The molecule has 0 unspecified atom stereocenters. The molecular weight excluding hydrogens is 295 g/mol. The number of rotatable bonds is 5. The van der Waals surface area contributed by atoms with Crippen LogP contribution in [0.5, 0.6) is 0 Å². The zero-order valence-corrected chi connectivity index (χ0v) is 14.0. The minimum absolute atomic E-state index is 0.0698. The number of hydrogen-bond acceptors (Lipinski definition) is 3. The number of benzene rings is 2. The molecule has 0 aliphatic heterocycles. The molecule has 22 heavy (non-hydrogen) atoms. The van der Waals surface area contributed by atoms with Crippen LogP contribution in [0, 0.1) is 5.41 Å². The smallest absolute Gasteiger partial charge is 0.261 e. The highest BCUT2D eigenvalue weighted by Gasteiger charge is 2.31. The van der Waals surface area contributed by atoms with Gasteiger partial charge in [-0.3, -0.25) is 9.36 Å². The van der Waals surface area contributed by atoms with Gasteiger partial charge >= 0.3 is 0 Å². The molecule has 2 aromatic rings. The summed E-state index contributed by atoms with van der Waals surface area (Å²) in [5.74, 6) is -0.0698. The highest BCUT2D eigenvalue weighted by Crippen LogP contribution is 2.44. The molecule has 0 aliphatic carbocycles. The SMILES string of the molecule is CC(C)(C)C(=O)COP(=O)(c1ccccc1)c1ccccc1. The van der Waals surface area contributed by atoms with E-state index >= 15 is 0 Å². The van der Waals surface area contributed by atoms with Crippen LogP contribution in [-0.2, 0) is 13.9 Å². The zero-order chi connectivity index (χ0) is 16.2. The minimum Gasteiger partial charge on any atom is -0.314 e. The molecule has 0 bridgehead atoms. The molecule has 116 valence electrons. The van der Waals surface area contributed by atoms with Gasteiger partial charge in [-0.1, -0.05) is 57.2 Å². The maximum Gasteiger partial charge on any atom is 0.261 e. The average molecular weight is 316 g/mol. The van der Waals surface area contributed by atoms with E-state index in [4.69, 9.17) is 4.52 Å². The van der Waals surface area contributed by atoms with Crippen LogP contribution in [-0.4, -0.2) is 12.4 Å². The summed E-state index contributed by atoms with van der Waals surface area (Å²) in [7, 11) is -3.27. The molecule has 0 radical (unpaired) electrons. The average Bonchev–Trinajstić information content (AvgIpc) is 2.53. The second-order valence-corrected chi connectivity index (χ2v) is 8.56. The van der Waals surface area contributed by atoms with E-state index in [1.807, 2.05) is 57.2 Å². The van der Waals surface area contributed by atoms with Gasteiger partial charge < -0.3 is 4.52 Å². The van der Waals surface area contributed by atoms with Gasteiger partial charge in [0.25, 0.3) is 7.37 Å². The number of carbonyl (C=O) groups excluding carboxylic acids is 1. The van der Waals surface area contributed by atoms with E-state index in [9.17, 15) is 9.36 Å². The molecule has 0 atom stereocenters. The first-order valence-corrected chi connectivity index (χ1v) is 8.85. The highest BCUT2D eigenvalue weighted by atomic mass is 31.2. The summed E-state index contributed by atoms with van der Waals surface area (Å²) in [6.45, 7) is 5.32. The fourth-order valence-corrected chi connectivity index (χ4v) is 3.94. The Balaban J connectivity index is 2.36. The van der Waals surface area contributed by atoms with Crippen molar-refractivity contribution in [1.29, 1.82) is 0 Å². The lowest BCUT2D eigenvalue weighted by atomic mass is 9.91. The standard InChI is InChI=1S/C18H21O3P/c1-18(2,3)17(19)14-21-22(20,15-10-6-4-7-11-15)16-12-8-5-9-13-16/h4-13H,14H2,1-3H3. The van der Waals surface area contributed by atoms with E-state index in [1.54, 1.807) is 24.3 Å². The third kappa shape index (κ3) is 3.73. The number of ketones is 1. The molecule has 3 nitrogen and oxygen atoms in total. The van der Waals surface area contributed by atoms with Crippen molar-refractivity contribution in [1.82, 2.24) is 0 Å². The first kappa shape index (κ1) is 16.7. The topological polar surface area (TPSA) is 43.4 Å². The molecule has 0 amide bonds. The number of carbonyl (C=O) groups is 1. The molecule has 2 rings (SSSR count). The first-order valence-electron chi connectivity index (χ1n) is 7.23. The Kier molecular flexibility index (Phi) is 5.00. The van der Waals surface area contributed by atoms with Crippen LogP contribution >= 0.6 is 7.37 Å².